The molecule has 0 bridgehead atoms. The highest BCUT2D eigenvalue weighted by molar-refractivity contribution is 7.86. The Morgan fingerprint density at radius 1 is 0.406 bits per heavy atom. The van der Waals surface area contributed by atoms with E-state index in [0.29, 0.717) is 0 Å². The van der Waals surface area contributed by atoms with Gasteiger partial charge in [-0.05, 0) is 33.4 Å². The van der Waals surface area contributed by atoms with Gasteiger partial charge >= 0.3 is 0 Å². The molecule has 1 N–H and O–H groups in total. The van der Waals surface area contributed by atoms with E-state index in [1.165, 1.54) is 0 Å². The van der Waals surface area contributed by atoms with Crippen LogP contribution in [-0.4, -0.2) is 94.4 Å². The largest absolute Gasteiger partial charge is 0.374 e. The number of benzene rings is 6. The number of hydrogen-bond acceptors (Lipinski definition) is 13. The van der Waals surface area contributed by atoms with E-state index in [1.54, 1.807) is 0 Å². The van der Waals surface area contributed by atoms with Gasteiger partial charge in [-0.1, -0.05) is 182 Å². The van der Waals surface area contributed by atoms with Crippen LogP contribution in [0.3, 0.4) is 0 Å². The molecule has 69 heavy (non-hydrogen) atoms. The van der Waals surface area contributed by atoms with Crippen molar-refractivity contribution in [1.29, 1.82) is 0 Å². The molecule has 8 rings (SSSR count). The average molecular weight is 961 g/mol. The summed E-state index contributed by atoms with van der Waals surface area (Å²) in [6, 6.07) is 58.1. The van der Waals surface area contributed by atoms with E-state index >= 15 is 0 Å². The van der Waals surface area contributed by atoms with Gasteiger partial charge in [0.25, 0.3) is 10.1 Å². The van der Waals surface area contributed by atoms with Crippen LogP contribution in [0.15, 0.2) is 182 Å². The summed E-state index contributed by atoms with van der Waals surface area (Å²) in [6.07, 6.45) is -10.6. The lowest BCUT2D eigenvalue weighted by molar-refractivity contribution is -0.369. The summed E-state index contributed by atoms with van der Waals surface area (Å²) in [5, 5.41) is 11.6. The van der Waals surface area contributed by atoms with E-state index in [9.17, 15) is 13.5 Å². The Morgan fingerprint density at radius 3 is 1.10 bits per heavy atom. The molecule has 6 aromatic rings. The zero-order valence-electron chi connectivity index (χ0n) is 38.5. The standard InChI is InChI=1S/C55H60O13S/c1-69(57,58)68-52-51(63-36-44-28-16-6-17-29-44)49(47(65-54(52)56)39-60-33-41-22-10-3-11-23-41)67-55-53(64-37-45-30-18-7-19-31-45)50(62-35-43-26-14-5-15-27-43)48(61-34-42-24-12-4-13-25-42)46(66-55)38-59-32-40-20-8-2-9-21-40/h2-31,46-56H,32-39H2,1H3. The maximum atomic E-state index is 12.9. The van der Waals surface area contributed by atoms with Crippen LogP contribution in [-0.2, 0) is 96.6 Å². The molecule has 2 fully saturated rings. The zero-order chi connectivity index (χ0) is 47.7. The lowest BCUT2D eigenvalue weighted by atomic mass is 9.96. The van der Waals surface area contributed by atoms with Crippen LogP contribution in [0.2, 0.25) is 0 Å². The van der Waals surface area contributed by atoms with Crippen molar-refractivity contribution in [2.45, 2.75) is 101 Å². The Labute approximate surface area is 404 Å². The van der Waals surface area contributed by atoms with Gasteiger partial charge in [0.15, 0.2) is 18.7 Å². The van der Waals surface area contributed by atoms with E-state index in [1.807, 2.05) is 182 Å². The molecule has 364 valence electrons. The molecule has 0 saturated carbocycles. The topological polar surface area (TPSA) is 147 Å². The molecule has 2 aliphatic rings. The molecule has 6 aromatic carbocycles. The van der Waals surface area contributed by atoms with Crippen LogP contribution in [0.1, 0.15) is 33.4 Å². The summed E-state index contributed by atoms with van der Waals surface area (Å²) in [5.74, 6) is 0. The van der Waals surface area contributed by atoms with E-state index in [-0.39, 0.29) is 52.9 Å². The third-order valence-corrected chi connectivity index (χ3v) is 12.3. The molecule has 0 spiro atoms. The first kappa shape index (κ1) is 50.2. The van der Waals surface area contributed by atoms with Gasteiger partial charge in [-0.3, -0.25) is 4.18 Å². The van der Waals surface area contributed by atoms with Crippen molar-refractivity contribution in [2.75, 3.05) is 19.5 Å². The highest BCUT2D eigenvalue weighted by Gasteiger charge is 2.55. The van der Waals surface area contributed by atoms with Gasteiger partial charge in [0.1, 0.15) is 42.7 Å². The molecular weight excluding hydrogens is 901 g/mol. The van der Waals surface area contributed by atoms with Gasteiger partial charge in [-0.2, -0.15) is 8.42 Å². The number of hydrogen-bond donors (Lipinski definition) is 1. The first-order valence-electron chi connectivity index (χ1n) is 23.1. The second-order valence-electron chi connectivity index (χ2n) is 17.0. The number of rotatable bonds is 24. The maximum Gasteiger partial charge on any atom is 0.264 e. The van der Waals surface area contributed by atoms with Gasteiger partial charge < -0.3 is 47.7 Å². The summed E-state index contributed by atoms with van der Waals surface area (Å²) >= 11 is 0. The molecule has 0 aromatic heterocycles. The average Bonchev–Trinajstić information content (AvgIpc) is 3.37. The quantitative estimate of drug-likeness (QED) is 0.0587. The van der Waals surface area contributed by atoms with Crippen LogP contribution in [0.25, 0.3) is 0 Å². The summed E-state index contributed by atoms with van der Waals surface area (Å²) in [4.78, 5) is 0. The molecule has 0 aliphatic carbocycles. The Hall–Kier alpha value is -5.17. The van der Waals surface area contributed by atoms with Crippen LogP contribution in [0.5, 0.6) is 0 Å². The fourth-order valence-electron chi connectivity index (χ4n) is 8.33. The van der Waals surface area contributed by atoms with E-state index in [0.717, 1.165) is 39.6 Å². The van der Waals surface area contributed by atoms with Crippen molar-refractivity contribution in [3.8, 4) is 0 Å². The van der Waals surface area contributed by atoms with Gasteiger partial charge in [0.05, 0.1) is 59.1 Å². The van der Waals surface area contributed by atoms with E-state index in [2.05, 4.69) is 0 Å². The van der Waals surface area contributed by atoms with Gasteiger partial charge in [-0.15, -0.1) is 0 Å². The molecule has 2 saturated heterocycles. The monoisotopic (exact) mass is 960 g/mol. The smallest absolute Gasteiger partial charge is 0.264 e. The normalized spacial score (nSPS) is 25.0. The third-order valence-electron chi connectivity index (χ3n) is 11.7. The van der Waals surface area contributed by atoms with Crippen LogP contribution in [0, 0.1) is 0 Å². The van der Waals surface area contributed by atoms with Crippen LogP contribution < -0.4 is 0 Å². The summed E-state index contributed by atoms with van der Waals surface area (Å²) in [7, 11) is -4.19. The second-order valence-corrected chi connectivity index (χ2v) is 18.6. The highest BCUT2D eigenvalue weighted by atomic mass is 32.2. The Bertz CT molecular complexity index is 2470. The Balaban J connectivity index is 1.19. The molecular formula is C55H60O13S. The lowest BCUT2D eigenvalue weighted by Gasteiger charge is -2.49. The van der Waals surface area contributed by atoms with Gasteiger partial charge in [0.2, 0.25) is 0 Å². The second kappa shape index (κ2) is 25.6. The van der Waals surface area contributed by atoms with Crippen molar-refractivity contribution in [1.82, 2.24) is 0 Å². The summed E-state index contributed by atoms with van der Waals surface area (Å²) in [6.45, 7) is 1.01. The van der Waals surface area contributed by atoms with Crippen molar-refractivity contribution in [3.05, 3.63) is 215 Å². The molecule has 10 unspecified atom stereocenters. The molecule has 2 aliphatic heterocycles. The lowest BCUT2D eigenvalue weighted by Crippen LogP contribution is -2.66. The first-order chi connectivity index (χ1) is 33.8. The fourth-order valence-corrected chi connectivity index (χ4v) is 8.94. The molecule has 14 heteroatoms. The van der Waals surface area contributed by atoms with Crippen molar-refractivity contribution < 1.29 is 60.3 Å². The molecule has 10 atom stereocenters. The Morgan fingerprint density at radius 2 is 0.725 bits per heavy atom. The number of aliphatic hydroxyl groups is 1. The predicted molar refractivity (Wildman–Crippen MR) is 256 cm³/mol. The third kappa shape index (κ3) is 15.2. The molecule has 2 heterocycles. The fraction of sp³-hybridized carbons (Fsp3) is 0.345. The van der Waals surface area contributed by atoms with E-state index < -0.39 is 71.5 Å². The summed E-state index contributed by atoms with van der Waals surface area (Å²) in [5.41, 5.74) is 5.40. The maximum absolute atomic E-state index is 12.9. The minimum atomic E-state index is -4.19. The number of aliphatic hydroxyl groups excluding tert-OH is 1. The predicted octanol–water partition coefficient (Wildman–Crippen LogP) is 7.93. The van der Waals surface area contributed by atoms with Crippen molar-refractivity contribution in [3.63, 3.8) is 0 Å². The van der Waals surface area contributed by atoms with Crippen molar-refractivity contribution >= 4 is 10.1 Å². The van der Waals surface area contributed by atoms with Crippen LogP contribution in [0.4, 0.5) is 0 Å². The van der Waals surface area contributed by atoms with E-state index in [4.69, 9.17) is 46.8 Å². The molecule has 0 radical (unpaired) electrons. The van der Waals surface area contributed by atoms with Crippen molar-refractivity contribution in [2.24, 2.45) is 0 Å². The SMILES string of the molecule is CS(=O)(=O)OC1C(O)OC(COCc2ccccc2)C(OC2OC(COCc3ccccc3)C(OCc3ccccc3)C(OCc3ccccc3)C2OCc2ccccc2)C1OCc1ccccc1. The number of ether oxygens (including phenoxy) is 9. The minimum Gasteiger partial charge on any atom is -0.374 e. The zero-order valence-corrected chi connectivity index (χ0v) is 39.3. The minimum absolute atomic E-state index is 0.00687. The highest BCUT2D eigenvalue weighted by Crippen LogP contribution is 2.36. The molecule has 0 amide bonds. The van der Waals surface area contributed by atoms with Gasteiger partial charge in [-0.25, -0.2) is 0 Å². The van der Waals surface area contributed by atoms with Gasteiger partial charge in [0, 0.05) is 0 Å². The van der Waals surface area contributed by atoms with Crippen LogP contribution >= 0.6 is 0 Å². The first-order valence-corrected chi connectivity index (χ1v) is 25.0. The summed E-state index contributed by atoms with van der Waals surface area (Å²) < 4.78 is 91.9. The Kier molecular flexibility index (Phi) is 18.6. The molecule has 13 nitrogen and oxygen atoms in total.